The lowest BCUT2D eigenvalue weighted by atomic mass is 9.81. The van der Waals surface area contributed by atoms with E-state index in [2.05, 4.69) is 37.9 Å². The van der Waals surface area contributed by atoms with Crippen LogP contribution in [-0.2, 0) is 15.0 Å². The molecular formula is C24H21ClN2O3S2. The van der Waals surface area contributed by atoms with Crippen molar-refractivity contribution >= 4 is 52.2 Å². The van der Waals surface area contributed by atoms with E-state index in [0.717, 1.165) is 21.8 Å². The maximum Gasteiger partial charge on any atom is 0.305 e. The Balaban J connectivity index is 1.61. The number of benzene rings is 2. The molecule has 0 saturated carbocycles. The molecule has 3 heterocycles. The number of imide groups is 1. The van der Waals surface area contributed by atoms with Gasteiger partial charge in [0.2, 0.25) is 11.8 Å². The van der Waals surface area contributed by atoms with Gasteiger partial charge in [-0.15, -0.1) is 0 Å². The second kappa shape index (κ2) is 7.61. The summed E-state index contributed by atoms with van der Waals surface area (Å²) >= 11 is 8.40. The number of carbonyl (C=O) groups is 2. The molecule has 0 unspecified atom stereocenters. The van der Waals surface area contributed by atoms with E-state index in [4.69, 9.17) is 11.6 Å². The first-order valence-electron chi connectivity index (χ1n) is 10.3. The molecule has 32 heavy (non-hydrogen) atoms. The zero-order chi connectivity index (χ0) is 22.8. The Bertz CT molecular complexity index is 1270. The summed E-state index contributed by atoms with van der Waals surface area (Å²) in [5.41, 5.74) is 2.63. The number of nitrogens with zero attached hydrogens (tertiary/aromatic N) is 1. The van der Waals surface area contributed by atoms with E-state index in [-0.39, 0.29) is 28.0 Å². The summed E-state index contributed by atoms with van der Waals surface area (Å²) in [6, 6.07) is 14.9. The van der Waals surface area contributed by atoms with Gasteiger partial charge in [-0.25, -0.2) is 4.90 Å². The summed E-state index contributed by atoms with van der Waals surface area (Å²) in [6.45, 7) is 6.44. The molecule has 3 aromatic rings. The normalized spacial score (nSPS) is 22.8. The minimum Gasteiger partial charge on any atom is -0.307 e. The van der Waals surface area contributed by atoms with Gasteiger partial charge >= 0.3 is 4.87 Å². The zero-order valence-electron chi connectivity index (χ0n) is 17.7. The molecule has 1 N–H and O–H groups in total. The summed E-state index contributed by atoms with van der Waals surface area (Å²) in [5.74, 6) is -1.45. The average Bonchev–Trinajstić information content (AvgIpc) is 3.23. The van der Waals surface area contributed by atoms with Crippen LogP contribution >= 0.6 is 34.7 Å². The molecular weight excluding hydrogens is 464 g/mol. The van der Waals surface area contributed by atoms with Gasteiger partial charge < -0.3 is 4.98 Å². The summed E-state index contributed by atoms with van der Waals surface area (Å²) < 4.78 is 0. The Morgan fingerprint density at radius 1 is 0.938 bits per heavy atom. The van der Waals surface area contributed by atoms with E-state index in [1.54, 1.807) is 24.3 Å². The Labute approximate surface area is 198 Å². The molecule has 1 aromatic heterocycles. The number of carbonyl (C=O) groups excluding carboxylic acids is 2. The van der Waals surface area contributed by atoms with Crippen LogP contribution in [-0.4, -0.2) is 22.0 Å². The molecule has 5 nitrogen and oxygen atoms in total. The first-order chi connectivity index (χ1) is 15.1. The molecule has 0 bridgehead atoms. The third kappa shape index (κ3) is 3.43. The lowest BCUT2D eigenvalue weighted by Crippen LogP contribution is -2.32. The van der Waals surface area contributed by atoms with Crippen LogP contribution in [0.3, 0.4) is 0 Å². The lowest BCUT2D eigenvalue weighted by molar-refractivity contribution is -0.122. The van der Waals surface area contributed by atoms with Gasteiger partial charge in [0.05, 0.1) is 16.6 Å². The van der Waals surface area contributed by atoms with E-state index >= 15 is 0 Å². The Morgan fingerprint density at radius 3 is 2.22 bits per heavy atom. The van der Waals surface area contributed by atoms with Gasteiger partial charge in [0.1, 0.15) is 5.25 Å². The highest BCUT2D eigenvalue weighted by Crippen LogP contribution is 2.53. The van der Waals surface area contributed by atoms with Gasteiger partial charge in [-0.2, -0.15) is 0 Å². The molecule has 2 aliphatic heterocycles. The summed E-state index contributed by atoms with van der Waals surface area (Å²) in [5, 5.41) is 0.629. The number of aromatic amines is 1. The third-order valence-corrected chi connectivity index (χ3v) is 8.70. The molecule has 1 fully saturated rings. The number of anilines is 1. The summed E-state index contributed by atoms with van der Waals surface area (Å²) in [4.78, 5) is 44.0. The van der Waals surface area contributed by atoms with Crippen LogP contribution in [0, 0.1) is 5.92 Å². The van der Waals surface area contributed by atoms with Gasteiger partial charge in [0.15, 0.2) is 0 Å². The molecule has 2 aromatic carbocycles. The fourth-order valence-corrected chi connectivity index (χ4v) is 7.05. The molecule has 0 aliphatic carbocycles. The number of halogens is 1. The van der Waals surface area contributed by atoms with Crippen molar-refractivity contribution in [2.75, 3.05) is 4.90 Å². The van der Waals surface area contributed by atoms with Gasteiger partial charge in [-0.05, 0) is 40.8 Å². The number of amides is 2. The Kier molecular flexibility index (Phi) is 5.11. The SMILES string of the molecule is CC(C)(C)c1ccc([C@@H]2c3sc(=O)[nH]c3S[C@H]3C(=O)N(c4ccc(Cl)cc4)C(=O)[C@@H]23)cc1. The molecule has 8 heteroatoms. The second-order valence-electron chi connectivity index (χ2n) is 9.11. The molecule has 164 valence electrons. The third-order valence-electron chi connectivity index (χ3n) is 6.04. The van der Waals surface area contributed by atoms with E-state index in [1.807, 2.05) is 12.1 Å². The molecule has 0 spiro atoms. The standard InChI is InChI=1S/C24H21ClN2O3S2/c1-24(2,3)13-6-4-12(5-7-13)16-17-19(31-20-18(16)32-23(30)26-20)22(29)27(21(17)28)15-10-8-14(25)9-11-15/h4-11,16-17,19H,1-3H3,(H,26,30)/t16-,17-,19+/m0/s1. The molecule has 2 amide bonds. The van der Waals surface area contributed by atoms with E-state index in [9.17, 15) is 14.4 Å². The fourth-order valence-electron chi connectivity index (χ4n) is 4.41. The van der Waals surface area contributed by atoms with Crippen molar-refractivity contribution in [3.8, 4) is 0 Å². The van der Waals surface area contributed by atoms with Crippen molar-refractivity contribution in [1.29, 1.82) is 0 Å². The van der Waals surface area contributed by atoms with Gasteiger partial charge in [0.25, 0.3) is 0 Å². The van der Waals surface area contributed by atoms with E-state index < -0.39 is 11.2 Å². The highest BCUT2D eigenvalue weighted by atomic mass is 35.5. The number of hydrogen-bond acceptors (Lipinski definition) is 5. The molecule has 2 aliphatic rings. The largest absolute Gasteiger partial charge is 0.307 e. The number of fused-ring (bicyclic) bond motifs is 2. The topological polar surface area (TPSA) is 70.2 Å². The number of thiazole rings is 1. The van der Waals surface area contributed by atoms with Crippen LogP contribution in [0.2, 0.25) is 5.02 Å². The van der Waals surface area contributed by atoms with E-state index in [0.29, 0.717) is 15.7 Å². The maximum atomic E-state index is 13.6. The van der Waals surface area contributed by atoms with Crippen LogP contribution in [0.4, 0.5) is 5.69 Å². The van der Waals surface area contributed by atoms with Gasteiger partial charge in [0, 0.05) is 15.8 Å². The molecule has 0 radical (unpaired) electrons. The van der Waals surface area contributed by atoms with Crippen LogP contribution < -0.4 is 9.77 Å². The first-order valence-corrected chi connectivity index (χ1v) is 12.4. The number of aromatic nitrogens is 1. The Hall–Kier alpha value is -2.35. The van der Waals surface area contributed by atoms with Crippen LogP contribution in [0.15, 0.2) is 58.4 Å². The molecule has 1 saturated heterocycles. The zero-order valence-corrected chi connectivity index (χ0v) is 20.1. The predicted octanol–water partition coefficient (Wildman–Crippen LogP) is 5.18. The smallest absolute Gasteiger partial charge is 0.305 e. The van der Waals surface area contributed by atoms with Crippen LogP contribution in [0.1, 0.15) is 42.7 Å². The van der Waals surface area contributed by atoms with Crippen LogP contribution in [0.25, 0.3) is 0 Å². The summed E-state index contributed by atoms with van der Waals surface area (Å²) in [6.07, 6.45) is 0. The number of thioether (sulfide) groups is 1. The van der Waals surface area contributed by atoms with Crippen molar-refractivity contribution in [2.45, 2.75) is 42.4 Å². The number of rotatable bonds is 2. The van der Waals surface area contributed by atoms with Crippen molar-refractivity contribution < 1.29 is 9.59 Å². The van der Waals surface area contributed by atoms with Crippen LogP contribution in [0.5, 0.6) is 0 Å². The van der Waals surface area contributed by atoms with E-state index in [1.165, 1.54) is 22.2 Å². The lowest BCUT2D eigenvalue weighted by Gasteiger charge is -2.30. The maximum absolute atomic E-state index is 13.6. The first kappa shape index (κ1) is 21.5. The number of H-pyrrole nitrogens is 1. The number of nitrogens with one attached hydrogen (secondary N) is 1. The second-order valence-corrected chi connectivity index (χ2v) is 11.7. The highest BCUT2D eigenvalue weighted by Gasteiger charge is 2.56. The Morgan fingerprint density at radius 2 is 1.59 bits per heavy atom. The van der Waals surface area contributed by atoms with Crippen molar-refractivity contribution in [2.24, 2.45) is 5.92 Å². The van der Waals surface area contributed by atoms with Crippen molar-refractivity contribution in [3.63, 3.8) is 0 Å². The monoisotopic (exact) mass is 484 g/mol. The van der Waals surface area contributed by atoms with Gasteiger partial charge in [-0.1, -0.05) is 79.7 Å². The summed E-state index contributed by atoms with van der Waals surface area (Å²) in [7, 11) is 0. The molecule has 3 atom stereocenters. The van der Waals surface area contributed by atoms with Gasteiger partial charge in [-0.3, -0.25) is 14.4 Å². The minimum absolute atomic E-state index is 0.00192. The quantitative estimate of drug-likeness (QED) is 0.508. The predicted molar refractivity (Wildman–Crippen MR) is 129 cm³/mol. The minimum atomic E-state index is -0.594. The molecule has 5 rings (SSSR count). The number of hydrogen-bond donors (Lipinski definition) is 1. The highest BCUT2D eigenvalue weighted by molar-refractivity contribution is 8.00. The van der Waals surface area contributed by atoms with Crippen molar-refractivity contribution in [1.82, 2.24) is 4.98 Å². The van der Waals surface area contributed by atoms with Crippen molar-refractivity contribution in [3.05, 3.63) is 79.2 Å². The fraction of sp³-hybridized carbons (Fsp3) is 0.292. The average molecular weight is 485 g/mol.